The van der Waals surface area contributed by atoms with Crippen LogP contribution in [0.5, 0.6) is 0 Å². The number of benzene rings is 1. The van der Waals surface area contributed by atoms with Gasteiger partial charge in [-0.15, -0.1) is 0 Å². The van der Waals surface area contributed by atoms with Gasteiger partial charge in [-0.3, -0.25) is 4.79 Å². The van der Waals surface area contributed by atoms with Crippen molar-refractivity contribution >= 4 is 21.8 Å². The molecule has 15 heavy (non-hydrogen) atoms. The van der Waals surface area contributed by atoms with Crippen LogP contribution in [0.4, 0.5) is 4.39 Å². The van der Waals surface area contributed by atoms with Crippen LogP contribution in [-0.4, -0.2) is 10.2 Å². The minimum absolute atomic E-state index is 0.161. The number of carbonyl (C=O) groups is 1. The normalized spacial score (nSPS) is 11.2. The highest BCUT2D eigenvalue weighted by atomic mass is 79.9. The van der Waals surface area contributed by atoms with Gasteiger partial charge in [0.1, 0.15) is 5.82 Å². The molecule has 1 N–H and O–H groups in total. The van der Waals surface area contributed by atoms with Crippen LogP contribution in [0.15, 0.2) is 24.3 Å². The molecular weight excluding hydrogens is 261 g/mol. The molecule has 0 radical (unpaired) electrons. The molecule has 0 saturated carbocycles. The number of alkyl halides is 1. The molecule has 1 amide bonds. The van der Waals surface area contributed by atoms with E-state index in [0.717, 1.165) is 0 Å². The third-order valence-electron chi connectivity index (χ3n) is 1.94. The van der Waals surface area contributed by atoms with Gasteiger partial charge in [0.05, 0.1) is 4.32 Å². The Bertz CT molecular complexity index is 360. The first-order valence-electron chi connectivity index (χ1n) is 4.62. The maximum atomic E-state index is 13.2. The molecular formula is C11H13BrFNO. The van der Waals surface area contributed by atoms with Crippen LogP contribution in [0, 0.1) is 5.82 Å². The number of carbonyl (C=O) groups excluding carboxylic acids is 1. The van der Waals surface area contributed by atoms with E-state index in [1.807, 2.05) is 0 Å². The molecule has 1 rings (SSSR count). The number of amides is 1. The molecule has 0 aliphatic rings. The summed E-state index contributed by atoms with van der Waals surface area (Å²) in [7, 11) is 0. The van der Waals surface area contributed by atoms with E-state index in [-0.39, 0.29) is 18.3 Å². The zero-order valence-electron chi connectivity index (χ0n) is 8.68. The third-order valence-corrected chi connectivity index (χ3v) is 2.30. The summed E-state index contributed by atoms with van der Waals surface area (Å²) < 4.78 is 12.5. The Morgan fingerprint density at radius 3 is 2.60 bits per heavy atom. The van der Waals surface area contributed by atoms with Gasteiger partial charge in [-0.2, -0.15) is 0 Å². The highest BCUT2D eigenvalue weighted by molar-refractivity contribution is 9.10. The predicted octanol–water partition coefficient (Wildman–Crippen LogP) is 2.62. The summed E-state index contributed by atoms with van der Waals surface area (Å²) in [5.74, 6) is -0.462. The zero-order valence-corrected chi connectivity index (χ0v) is 10.3. The maximum absolute atomic E-state index is 13.2. The summed E-state index contributed by atoms with van der Waals surface area (Å²) in [6.07, 6.45) is 0. The minimum atomic E-state index is -0.627. The van der Waals surface area contributed by atoms with Gasteiger partial charge in [0.2, 0.25) is 5.91 Å². The highest BCUT2D eigenvalue weighted by Crippen LogP contribution is 2.15. The molecule has 0 saturated heterocycles. The second-order valence-electron chi connectivity index (χ2n) is 3.75. The zero-order chi connectivity index (χ0) is 11.5. The smallest absolute Gasteiger partial charge is 0.236 e. The largest absolute Gasteiger partial charge is 0.351 e. The average Bonchev–Trinajstić information content (AvgIpc) is 2.14. The Hall–Kier alpha value is -0.900. The molecule has 0 atom stereocenters. The van der Waals surface area contributed by atoms with Crippen molar-refractivity contribution in [1.82, 2.24) is 5.32 Å². The molecule has 1 aromatic carbocycles. The van der Waals surface area contributed by atoms with Gasteiger partial charge in [-0.1, -0.05) is 34.1 Å². The van der Waals surface area contributed by atoms with Crippen molar-refractivity contribution in [2.75, 3.05) is 0 Å². The molecule has 0 aliphatic carbocycles. The van der Waals surface area contributed by atoms with Crippen molar-refractivity contribution in [3.8, 4) is 0 Å². The minimum Gasteiger partial charge on any atom is -0.351 e. The van der Waals surface area contributed by atoms with Crippen LogP contribution in [0.3, 0.4) is 0 Å². The van der Waals surface area contributed by atoms with E-state index in [2.05, 4.69) is 21.2 Å². The summed E-state index contributed by atoms with van der Waals surface area (Å²) in [6.45, 7) is 3.69. The highest BCUT2D eigenvalue weighted by Gasteiger charge is 2.23. The van der Waals surface area contributed by atoms with Crippen LogP contribution in [-0.2, 0) is 11.3 Å². The summed E-state index contributed by atoms with van der Waals surface area (Å²) in [6, 6.07) is 6.39. The predicted molar refractivity (Wildman–Crippen MR) is 61.3 cm³/mol. The van der Waals surface area contributed by atoms with Gasteiger partial charge in [-0.05, 0) is 19.9 Å². The molecule has 0 unspecified atom stereocenters. The average molecular weight is 274 g/mol. The Balaban J connectivity index is 2.59. The molecule has 1 aromatic rings. The van der Waals surface area contributed by atoms with Crippen molar-refractivity contribution in [1.29, 1.82) is 0 Å². The van der Waals surface area contributed by atoms with Crippen LogP contribution in [0.1, 0.15) is 19.4 Å². The van der Waals surface area contributed by atoms with Gasteiger partial charge >= 0.3 is 0 Å². The molecule has 0 heterocycles. The van der Waals surface area contributed by atoms with Gasteiger partial charge in [0, 0.05) is 12.1 Å². The number of halogens is 2. The van der Waals surface area contributed by atoms with Crippen molar-refractivity contribution in [3.05, 3.63) is 35.6 Å². The maximum Gasteiger partial charge on any atom is 0.236 e. The lowest BCUT2D eigenvalue weighted by molar-refractivity contribution is -0.122. The third kappa shape index (κ3) is 3.63. The fraction of sp³-hybridized carbons (Fsp3) is 0.364. The SMILES string of the molecule is CC(C)(Br)C(=O)NCc1ccccc1F. The van der Waals surface area contributed by atoms with Crippen molar-refractivity contribution in [2.45, 2.75) is 24.7 Å². The van der Waals surface area contributed by atoms with Gasteiger partial charge in [-0.25, -0.2) is 4.39 Å². The summed E-state index contributed by atoms with van der Waals surface area (Å²) in [5.41, 5.74) is 0.489. The summed E-state index contributed by atoms with van der Waals surface area (Å²) in [4.78, 5) is 11.5. The Kier molecular flexibility index (Phi) is 3.85. The molecule has 4 heteroatoms. The van der Waals surface area contributed by atoms with E-state index < -0.39 is 4.32 Å². The van der Waals surface area contributed by atoms with E-state index in [1.54, 1.807) is 32.0 Å². The first-order valence-corrected chi connectivity index (χ1v) is 5.41. The number of hydrogen-bond acceptors (Lipinski definition) is 1. The van der Waals surface area contributed by atoms with E-state index in [0.29, 0.717) is 5.56 Å². The van der Waals surface area contributed by atoms with Gasteiger partial charge in [0.15, 0.2) is 0 Å². The lowest BCUT2D eigenvalue weighted by Crippen LogP contribution is -2.37. The molecule has 2 nitrogen and oxygen atoms in total. The number of hydrogen-bond donors (Lipinski definition) is 1. The molecule has 0 fully saturated rings. The molecule has 0 aliphatic heterocycles. The topological polar surface area (TPSA) is 29.1 Å². The van der Waals surface area contributed by atoms with Crippen LogP contribution in [0.25, 0.3) is 0 Å². The van der Waals surface area contributed by atoms with Crippen molar-refractivity contribution < 1.29 is 9.18 Å². The first-order chi connectivity index (χ1) is 6.91. The van der Waals surface area contributed by atoms with Crippen molar-refractivity contribution in [2.24, 2.45) is 0 Å². The summed E-state index contributed by atoms with van der Waals surface area (Å²) >= 11 is 3.23. The Morgan fingerprint density at radius 1 is 1.47 bits per heavy atom. The molecule has 82 valence electrons. The second kappa shape index (κ2) is 4.75. The number of rotatable bonds is 3. The van der Waals surface area contributed by atoms with E-state index >= 15 is 0 Å². The van der Waals surface area contributed by atoms with Crippen molar-refractivity contribution in [3.63, 3.8) is 0 Å². The second-order valence-corrected chi connectivity index (χ2v) is 5.73. The standard InChI is InChI=1S/C11H13BrFNO/c1-11(2,12)10(15)14-7-8-5-3-4-6-9(8)13/h3-6H,7H2,1-2H3,(H,14,15). The molecule has 0 aromatic heterocycles. The van der Waals surface area contributed by atoms with Crippen LogP contribution in [0.2, 0.25) is 0 Å². The first kappa shape index (κ1) is 12.2. The molecule has 0 bridgehead atoms. The lowest BCUT2D eigenvalue weighted by atomic mass is 10.2. The lowest BCUT2D eigenvalue weighted by Gasteiger charge is -2.15. The summed E-state index contributed by atoms with van der Waals surface area (Å²) in [5, 5.41) is 2.65. The van der Waals surface area contributed by atoms with E-state index in [4.69, 9.17) is 0 Å². The Labute approximate surface area is 97.0 Å². The monoisotopic (exact) mass is 273 g/mol. The Morgan fingerprint density at radius 2 is 2.07 bits per heavy atom. The fourth-order valence-electron chi connectivity index (χ4n) is 1.03. The van der Waals surface area contributed by atoms with Gasteiger partial charge in [0.25, 0.3) is 0 Å². The quantitative estimate of drug-likeness (QED) is 0.843. The van der Waals surface area contributed by atoms with Gasteiger partial charge < -0.3 is 5.32 Å². The van der Waals surface area contributed by atoms with Crippen LogP contribution >= 0.6 is 15.9 Å². The fourth-order valence-corrected chi connectivity index (χ4v) is 1.17. The van der Waals surface area contributed by atoms with E-state index in [1.165, 1.54) is 6.07 Å². The number of nitrogens with one attached hydrogen (secondary N) is 1. The molecule has 0 spiro atoms. The van der Waals surface area contributed by atoms with E-state index in [9.17, 15) is 9.18 Å². The van der Waals surface area contributed by atoms with Crippen LogP contribution < -0.4 is 5.32 Å².